The van der Waals surface area contributed by atoms with Crippen LogP contribution in [-0.4, -0.2) is 23.7 Å². The van der Waals surface area contributed by atoms with Gasteiger partial charge in [-0.25, -0.2) is 4.79 Å². The first-order valence-electron chi connectivity index (χ1n) is 6.50. The molecule has 1 aromatic heterocycles. The average molecular weight is 268 g/mol. The van der Waals surface area contributed by atoms with Crippen LogP contribution < -0.4 is 10.6 Å². The Labute approximate surface area is 111 Å². The lowest BCUT2D eigenvalue weighted by molar-refractivity contribution is 0.167. The number of hydrogen-bond acceptors (Lipinski definition) is 3. The maximum Gasteiger partial charge on any atom is 0.315 e. The molecule has 1 aromatic rings. The van der Waals surface area contributed by atoms with Crippen LogP contribution in [0.3, 0.4) is 0 Å². The summed E-state index contributed by atoms with van der Waals surface area (Å²) in [6.45, 7) is 0.496. The molecule has 0 radical (unpaired) electrons. The summed E-state index contributed by atoms with van der Waals surface area (Å²) in [5, 5.41) is 19.5. The third-order valence-corrected chi connectivity index (χ3v) is 4.02. The van der Waals surface area contributed by atoms with Gasteiger partial charge in [0.2, 0.25) is 0 Å². The molecule has 0 aliphatic heterocycles. The predicted octanol–water partition coefficient (Wildman–Crippen LogP) is 2.41. The van der Waals surface area contributed by atoms with Crippen molar-refractivity contribution in [3.8, 4) is 0 Å². The largest absolute Gasteiger partial charge is 0.388 e. The second-order valence-corrected chi connectivity index (χ2v) is 5.52. The number of aliphatic hydroxyl groups excluding tert-OH is 1. The Kier molecular flexibility index (Phi) is 5.01. The van der Waals surface area contributed by atoms with Gasteiger partial charge in [0.1, 0.15) is 0 Å². The molecule has 1 saturated carbocycles. The van der Waals surface area contributed by atoms with Gasteiger partial charge < -0.3 is 15.7 Å². The highest BCUT2D eigenvalue weighted by Crippen LogP contribution is 2.19. The quantitative estimate of drug-likeness (QED) is 0.768. The number of urea groups is 1. The summed E-state index contributed by atoms with van der Waals surface area (Å²) < 4.78 is 0. The summed E-state index contributed by atoms with van der Waals surface area (Å²) >= 11 is 1.57. The van der Waals surface area contributed by atoms with Crippen molar-refractivity contribution in [2.24, 2.45) is 0 Å². The maximum atomic E-state index is 11.6. The highest BCUT2D eigenvalue weighted by atomic mass is 32.1. The molecular formula is C13H20N2O2S. The molecule has 100 valence electrons. The lowest BCUT2D eigenvalue weighted by Crippen LogP contribution is -2.41. The molecule has 1 aliphatic rings. The van der Waals surface area contributed by atoms with Gasteiger partial charge in [-0.05, 0) is 41.7 Å². The van der Waals surface area contributed by atoms with Crippen molar-refractivity contribution in [3.63, 3.8) is 0 Å². The highest BCUT2D eigenvalue weighted by molar-refractivity contribution is 7.07. The Hall–Kier alpha value is -1.07. The molecule has 1 aliphatic carbocycles. The molecule has 18 heavy (non-hydrogen) atoms. The summed E-state index contributed by atoms with van der Waals surface area (Å²) in [6, 6.07) is 2.14. The molecule has 0 aromatic carbocycles. The summed E-state index contributed by atoms with van der Waals surface area (Å²) in [7, 11) is 0. The number of carbonyl (C=O) groups excluding carboxylic acids is 1. The van der Waals surface area contributed by atoms with Crippen LogP contribution in [0.5, 0.6) is 0 Å². The summed E-state index contributed by atoms with van der Waals surface area (Å²) in [5.74, 6) is 0. The van der Waals surface area contributed by atoms with E-state index in [1.165, 1.54) is 12.8 Å². The number of carbonyl (C=O) groups is 1. The molecule has 4 nitrogen and oxygen atoms in total. The normalized spacial score (nSPS) is 17.6. The number of nitrogens with one attached hydrogen (secondary N) is 2. The Morgan fingerprint density at radius 2 is 2.28 bits per heavy atom. The van der Waals surface area contributed by atoms with E-state index in [4.69, 9.17) is 0 Å². The fraction of sp³-hybridized carbons (Fsp3) is 0.615. The Morgan fingerprint density at radius 3 is 2.94 bits per heavy atom. The van der Waals surface area contributed by atoms with Crippen LogP contribution >= 0.6 is 11.3 Å². The number of amides is 2. The number of rotatable bonds is 5. The maximum absolute atomic E-state index is 11.6. The molecule has 3 N–H and O–H groups in total. The van der Waals surface area contributed by atoms with E-state index in [1.807, 2.05) is 16.8 Å². The second-order valence-electron chi connectivity index (χ2n) is 4.74. The zero-order valence-corrected chi connectivity index (χ0v) is 11.2. The van der Waals surface area contributed by atoms with E-state index in [2.05, 4.69) is 10.6 Å². The van der Waals surface area contributed by atoms with Gasteiger partial charge in [0.15, 0.2) is 0 Å². The van der Waals surface area contributed by atoms with Crippen LogP contribution in [0.4, 0.5) is 4.79 Å². The van der Waals surface area contributed by atoms with Crippen LogP contribution in [0.2, 0.25) is 0 Å². The van der Waals surface area contributed by atoms with Crippen LogP contribution in [0.25, 0.3) is 0 Å². The number of thiophene rings is 1. The minimum atomic E-state index is -0.483. The van der Waals surface area contributed by atoms with Gasteiger partial charge in [0, 0.05) is 12.6 Å². The van der Waals surface area contributed by atoms with Gasteiger partial charge in [-0.3, -0.25) is 0 Å². The predicted molar refractivity (Wildman–Crippen MR) is 72.7 cm³/mol. The molecular weight excluding hydrogens is 248 g/mol. The van der Waals surface area contributed by atoms with E-state index in [0.717, 1.165) is 18.4 Å². The Bertz CT molecular complexity index is 361. The van der Waals surface area contributed by atoms with E-state index < -0.39 is 6.10 Å². The van der Waals surface area contributed by atoms with Crippen molar-refractivity contribution in [2.75, 3.05) is 6.54 Å². The second kappa shape index (κ2) is 6.75. The van der Waals surface area contributed by atoms with E-state index >= 15 is 0 Å². The minimum Gasteiger partial charge on any atom is -0.388 e. The van der Waals surface area contributed by atoms with Crippen molar-refractivity contribution in [1.29, 1.82) is 0 Å². The van der Waals surface area contributed by atoms with Crippen molar-refractivity contribution in [2.45, 2.75) is 44.2 Å². The standard InChI is InChI=1S/C13H20N2O2S/c16-12(10-6-8-18-9-10)5-7-14-13(17)15-11-3-1-2-4-11/h6,8-9,11-12,16H,1-5,7H2,(H2,14,15,17). The van der Waals surface area contributed by atoms with Crippen LogP contribution in [0.1, 0.15) is 43.8 Å². The van der Waals surface area contributed by atoms with Crippen molar-refractivity contribution in [1.82, 2.24) is 10.6 Å². The first-order chi connectivity index (χ1) is 8.75. The fourth-order valence-corrected chi connectivity index (χ4v) is 2.97. The Balaban J connectivity index is 1.61. The summed E-state index contributed by atoms with van der Waals surface area (Å²) in [5.41, 5.74) is 0.929. The third-order valence-electron chi connectivity index (χ3n) is 3.32. The molecule has 0 spiro atoms. The van der Waals surface area contributed by atoms with Crippen molar-refractivity contribution in [3.05, 3.63) is 22.4 Å². The molecule has 5 heteroatoms. The summed E-state index contributed by atoms with van der Waals surface area (Å²) in [4.78, 5) is 11.6. The van der Waals surface area contributed by atoms with Crippen molar-refractivity contribution < 1.29 is 9.90 Å². The van der Waals surface area contributed by atoms with Gasteiger partial charge in [-0.15, -0.1) is 0 Å². The Morgan fingerprint density at radius 1 is 1.50 bits per heavy atom. The summed E-state index contributed by atoms with van der Waals surface area (Å²) in [6.07, 6.45) is 4.66. The monoisotopic (exact) mass is 268 g/mol. The molecule has 1 unspecified atom stereocenters. The van der Waals surface area contributed by atoms with E-state index in [9.17, 15) is 9.90 Å². The van der Waals surface area contributed by atoms with Crippen LogP contribution in [0.15, 0.2) is 16.8 Å². The molecule has 2 amide bonds. The van der Waals surface area contributed by atoms with Gasteiger partial charge >= 0.3 is 6.03 Å². The van der Waals surface area contributed by atoms with Crippen molar-refractivity contribution >= 4 is 17.4 Å². The van der Waals surface area contributed by atoms with Crippen LogP contribution in [-0.2, 0) is 0 Å². The average Bonchev–Trinajstić information content (AvgIpc) is 3.00. The topological polar surface area (TPSA) is 61.4 Å². The van der Waals surface area contributed by atoms with E-state index in [1.54, 1.807) is 11.3 Å². The molecule has 1 heterocycles. The molecule has 1 fully saturated rings. The first kappa shape index (κ1) is 13.4. The van der Waals surface area contributed by atoms with Gasteiger partial charge in [-0.1, -0.05) is 12.8 Å². The zero-order chi connectivity index (χ0) is 12.8. The smallest absolute Gasteiger partial charge is 0.315 e. The zero-order valence-electron chi connectivity index (χ0n) is 10.4. The highest BCUT2D eigenvalue weighted by Gasteiger charge is 2.16. The molecule has 1 atom stereocenters. The van der Waals surface area contributed by atoms with Gasteiger partial charge in [-0.2, -0.15) is 11.3 Å². The lowest BCUT2D eigenvalue weighted by atomic mass is 10.1. The molecule has 0 bridgehead atoms. The van der Waals surface area contributed by atoms with Crippen LogP contribution in [0, 0.1) is 0 Å². The number of aliphatic hydroxyl groups is 1. The number of hydrogen-bond donors (Lipinski definition) is 3. The third kappa shape index (κ3) is 3.99. The van der Waals surface area contributed by atoms with Gasteiger partial charge in [0.25, 0.3) is 0 Å². The first-order valence-corrected chi connectivity index (χ1v) is 7.44. The van der Waals surface area contributed by atoms with Gasteiger partial charge in [0.05, 0.1) is 6.10 Å². The fourth-order valence-electron chi connectivity index (χ4n) is 2.26. The molecule has 0 saturated heterocycles. The molecule has 2 rings (SSSR count). The lowest BCUT2D eigenvalue weighted by Gasteiger charge is -2.14. The van der Waals surface area contributed by atoms with E-state index in [0.29, 0.717) is 19.0 Å². The van der Waals surface area contributed by atoms with E-state index in [-0.39, 0.29) is 6.03 Å². The minimum absolute atomic E-state index is 0.112. The SMILES string of the molecule is O=C(NCCC(O)c1ccsc1)NC1CCCC1.